The van der Waals surface area contributed by atoms with Gasteiger partial charge in [0.15, 0.2) is 0 Å². The molecule has 0 fully saturated rings. The summed E-state index contributed by atoms with van der Waals surface area (Å²) >= 11 is 0. The van der Waals surface area contributed by atoms with Crippen LogP contribution < -0.4 is 4.74 Å². The molecule has 5 aromatic rings. The standard InChI is InChI=1S/C26H20F2N2O2/c1-32-24-10-3-17-12-20(4-2-18(17)14-24)26(31,16-27)21-5-11-25-19(13-21)15-29-30(25)23-8-6-22(28)7-9-23/h2-15,31H,16H2,1H3. The maximum absolute atomic E-state index is 14.3. The van der Waals surface area contributed by atoms with Crippen LogP contribution in [0.3, 0.4) is 0 Å². The Morgan fingerprint density at radius 2 is 1.53 bits per heavy atom. The minimum Gasteiger partial charge on any atom is -0.497 e. The molecule has 0 spiro atoms. The minimum atomic E-state index is -1.81. The number of aliphatic hydroxyl groups is 1. The fourth-order valence-corrected chi connectivity index (χ4v) is 4.01. The van der Waals surface area contributed by atoms with Crippen LogP contribution in [0.4, 0.5) is 8.78 Å². The first kappa shape index (κ1) is 20.2. The van der Waals surface area contributed by atoms with Gasteiger partial charge in [-0.1, -0.05) is 24.3 Å². The summed E-state index contributed by atoms with van der Waals surface area (Å²) in [5.41, 5.74) is 0.564. The van der Waals surface area contributed by atoms with Gasteiger partial charge in [-0.25, -0.2) is 13.5 Å². The molecule has 0 saturated heterocycles. The van der Waals surface area contributed by atoms with E-state index in [0.29, 0.717) is 16.8 Å². The molecular weight excluding hydrogens is 410 g/mol. The number of methoxy groups -OCH3 is 1. The van der Waals surface area contributed by atoms with E-state index in [9.17, 15) is 13.9 Å². The Morgan fingerprint density at radius 1 is 0.875 bits per heavy atom. The number of rotatable bonds is 5. The van der Waals surface area contributed by atoms with Crippen LogP contribution in [0.25, 0.3) is 27.4 Å². The fourth-order valence-electron chi connectivity index (χ4n) is 4.01. The lowest BCUT2D eigenvalue weighted by atomic mass is 9.86. The van der Waals surface area contributed by atoms with Crippen molar-refractivity contribution in [2.45, 2.75) is 5.60 Å². The second kappa shape index (κ2) is 7.73. The molecule has 160 valence electrons. The van der Waals surface area contributed by atoms with Crippen molar-refractivity contribution in [3.63, 3.8) is 0 Å². The lowest BCUT2D eigenvalue weighted by Gasteiger charge is -2.26. The van der Waals surface area contributed by atoms with E-state index in [1.54, 1.807) is 60.5 Å². The number of nitrogens with zero attached hydrogens (tertiary/aromatic N) is 2. The van der Waals surface area contributed by atoms with Crippen LogP contribution in [0.1, 0.15) is 11.1 Å². The van der Waals surface area contributed by atoms with Crippen LogP contribution in [0.5, 0.6) is 5.75 Å². The van der Waals surface area contributed by atoms with E-state index >= 15 is 0 Å². The number of hydrogen-bond acceptors (Lipinski definition) is 3. The molecule has 1 N–H and O–H groups in total. The molecule has 1 unspecified atom stereocenters. The van der Waals surface area contributed by atoms with Gasteiger partial charge < -0.3 is 9.84 Å². The van der Waals surface area contributed by atoms with Crippen LogP contribution in [0.15, 0.2) is 85.1 Å². The molecule has 1 heterocycles. The Hall–Kier alpha value is -3.77. The van der Waals surface area contributed by atoms with E-state index in [2.05, 4.69) is 5.10 Å². The van der Waals surface area contributed by atoms with Crippen molar-refractivity contribution in [3.8, 4) is 11.4 Å². The van der Waals surface area contributed by atoms with Crippen LogP contribution in [0.2, 0.25) is 0 Å². The lowest BCUT2D eigenvalue weighted by molar-refractivity contribution is 0.0521. The molecule has 0 aliphatic carbocycles. The largest absolute Gasteiger partial charge is 0.497 e. The van der Waals surface area contributed by atoms with Crippen LogP contribution in [-0.4, -0.2) is 28.7 Å². The first-order valence-electron chi connectivity index (χ1n) is 10.1. The Bertz CT molecular complexity index is 1430. The average Bonchev–Trinajstić information content (AvgIpc) is 3.26. The SMILES string of the molecule is COc1ccc2cc(C(O)(CF)c3ccc4c(cnn4-c4ccc(F)cc4)c3)ccc2c1. The molecule has 5 rings (SSSR count). The summed E-state index contributed by atoms with van der Waals surface area (Å²) in [6, 6.07) is 22.2. The van der Waals surface area contributed by atoms with Gasteiger partial charge in [0.2, 0.25) is 0 Å². The lowest BCUT2D eigenvalue weighted by Crippen LogP contribution is -2.29. The molecule has 32 heavy (non-hydrogen) atoms. The highest BCUT2D eigenvalue weighted by Gasteiger charge is 2.32. The van der Waals surface area contributed by atoms with E-state index in [1.807, 2.05) is 24.3 Å². The second-order valence-corrected chi connectivity index (χ2v) is 7.73. The number of halogens is 2. The van der Waals surface area contributed by atoms with Crippen molar-refractivity contribution in [3.05, 3.63) is 102 Å². The highest BCUT2D eigenvalue weighted by atomic mass is 19.1. The summed E-state index contributed by atoms with van der Waals surface area (Å²) in [6.45, 7) is -0.980. The third-order valence-electron chi connectivity index (χ3n) is 5.84. The van der Waals surface area contributed by atoms with Crippen molar-refractivity contribution >= 4 is 21.7 Å². The normalized spacial score (nSPS) is 13.4. The third kappa shape index (κ3) is 3.29. The third-order valence-corrected chi connectivity index (χ3v) is 5.84. The van der Waals surface area contributed by atoms with Crippen LogP contribution in [-0.2, 0) is 5.60 Å². The number of hydrogen-bond donors (Lipinski definition) is 1. The molecular formula is C26H20F2N2O2. The highest BCUT2D eigenvalue weighted by molar-refractivity contribution is 5.85. The summed E-state index contributed by atoms with van der Waals surface area (Å²) in [5, 5.41) is 18.3. The summed E-state index contributed by atoms with van der Waals surface area (Å²) < 4.78 is 34.5. The van der Waals surface area contributed by atoms with Gasteiger partial charge in [-0.15, -0.1) is 0 Å². The number of fused-ring (bicyclic) bond motifs is 2. The van der Waals surface area contributed by atoms with E-state index in [-0.39, 0.29) is 5.82 Å². The van der Waals surface area contributed by atoms with E-state index in [4.69, 9.17) is 4.74 Å². The van der Waals surface area contributed by atoms with Gasteiger partial charge in [-0.2, -0.15) is 5.10 Å². The predicted molar refractivity (Wildman–Crippen MR) is 121 cm³/mol. The number of aromatic nitrogens is 2. The zero-order valence-corrected chi connectivity index (χ0v) is 17.3. The highest BCUT2D eigenvalue weighted by Crippen LogP contribution is 2.35. The molecule has 4 nitrogen and oxygen atoms in total. The molecule has 0 bridgehead atoms. The summed E-state index contributed by atoms with van der Waals surface area (Å²) in [7, 11) is 1.60. The fraction of sp³-hybridized carbons (Fsp3) is 0.115. The van der Waals surface area contributed by atoms with Crippen molar-refractivity contribution in [2.24, 2.45) is 0 Å². The molecule has 0 saturated carbocycles. The number of alkyl halides is 1. The number of benzene rings is 4. The van der Waals surface area contributed by atoms with Crippen molar-refractivity contribution in [1.82, 2.24) is 9.78 Å². The van der Waals surface area contributed by atoms with Crippen LogP contribution in [0, 0.1) is 5.82 Å². The van der Waals surface area contributed by atoms with Crippen molar-refractivity contribution in [2.75, 3.05) is 13.8 Å². The molecule has 4 aromatic carbocycles. The van der Waals surface area contributed by atoms with Crippen molar-refractivity contribution in [1.29, 1.82) is 0 Å². The first-order chi connectivity index (χ1) is 15.5. The molecule has 0 aliphatic rings. The molecule has 6 heteroatoms. The molecule has 1 atom stereocenters. The summed E-state index contributed by atoms with van der Waals surface area (Å²) in [5.74, 6) is 0.406. The zero-order valence-electron chi connectivity index (χ0n) is 17.3. The maximum Gasteiger partial charge on any atom is 0.143 e. The zero-order chi connectivity index (χ0) is 22.3. The molecule has 0 amide bonds. The smallest absolute Gasteiger partial charge is 0.143 e. The van der Waals surface area contributed by atoms with Gasteiger partial charge in [0, 0.05) is 5.39 Å². The van der Waals surface area contributed by atoms with Gasteiger partial charge in [-0.05, 0) is 76.5 Å². The molecule has 0 aliphatic heterocycles. The van der Waals surface area contributed by atoms with Gasteiger partial charge in [0.05, 0.1) is 24.5 Å². The van der Waals surface area contributed by atoms with Crippen LogP contribution >= 0.6 is 0 Å². The Balaban J connectivity index is 1.57. The number of ether oxygens (including phenoxy) is 1. The minimum absolute atomic E-state index is 0.325. The topological polar surface area (TPSA) is 47.3 Å². The van der Waals surface area contributed by atoms with Gasteiger partial charge in [0.1, 0.15) is 23.8 Å². The Labute approximate surface area is 183 Å². The summed E-state index contributed by atoms with van der Waals surface area (Å²) in [4.78, 5) is 0. The van der Waals surface area contributed by atoms with Gasteiger partial charge in [0.25, 0.3) is 0 Å². The van der Waals surface area contributed by atoms with Crippen molar-refractivity contribution < 1.29 is 18.6 Å². The first-order valence-corrected chi connectivity index (χ1v) is 10.1. The maximum atomic E-state index is 14.3. The van der Waals surface area contributed by atoms with Gasteiger partial charge in [-0.3, -0.25) is 0 Å². The Kier molecular flexibility index (Phi) is 4.87. The quantitative estimate of drug-likeness (QED) is 0.399. The predicted octanol–water partition coefficient (Wildman–Crippen LogP) is 5.53. The van der Waals surface area contributed by atoms with E-state index < -0.39 is 12.3 Å². The Morgan fingerprint density at radius 3 is 2.25 bits per heavy atom. The molecule has 1 aromatic heterocycles. The summed E-state index contributed by atoms with van der Waals surface area (Å²) in [6.07, 6.45) is 1.65. The van der Waals surface area contributed by atoms with E-state index in [0.717, 1.165) is 27.4 Å². The van der Waals surface area contributed by atoms with Gasteiger partial charge >= 0.3 is 0 Å². The second-order valence-electron chi connectivity index (χ2n) is 7.73. The average molecular weight is 430 g/mol. The molecule has 0 radical (unpaired) electrons. The van der Waals surface area contributed by atoms with E-state index in [1.165, 1.54) is 12.1 Å². The monoisotopic (exact) mass is 430 g/mol.